The van der Waals surface area contributed by atoms with Gasteiger partial charge in [-0.1, -0.05) is 13.0 Å². The molecule has 1 N–H and O–H groups in total. The molecule has 4 nitrogen and oxygen atoms in total. The first kappa shape index (κ1) is 13.8. The molecule has 2 heterocycles. The predicted molar refractivity (Wildman–Crippen MR) is 73.7 cm³/mol. The number of ether oxygens (including phenoxy) is 1. The highest BCUT2D eigenvalue weighted by molar-refractivity contribution is 5.15. The number of nitrogens with one attached hydrogen (secondary N) is 1. The van der Waals surface area contributed by atoms with Crippen molar-refractivity contribution in [3.8, 4) is 0 Å². The van der Waals surface area contributed by atoms with Crippen molar-refractivity contribution in [3.63, 3.8) is 0 Å². The van der Waals surface area contributed by atoms with E-state index in [0.29, 0.717) is 13.2 Å². The fourth-order valence-electron chi connectivity index (χ4n) is 1.79. The van der Waals surface area contributed by atoms with Crippen LogP contribution in [0.5, 0.6) is 0 Å². The Bertz CT molecular complexity index is 468. The Morgan fingerprint density at radius 3 is 3.05 bits per heavy atom. The molecule has 0 spiro atoms. The Labute approximate surface area is 113 Å². The molecule has 0 atom stereocenters. The number of pyridine rings is 1. The molecule has 0 aliphatic heterocycles. The Kier molecular flexibility index (Phi) is 5.59. The topological polar surface area (TPSA) is 47.3 Å². The van der Waals surface area contributed by atoms with Crippen LogP contribution in [-0.2, 0) is 24.3 Å². The minimum atomic E-state index is 0.587. The van der Waals surface area contributed by atoms with Crippen molar-refractivity contribution in [1.29, 1.82) is 0 Å². The van der Waals surface area contributed by atoms with Gasteiger partial charge in [-0.25, -0.2) is 0 Å². The zero-order valence-corrected chi connectivity index (χ0v) is 11.3. The van der Waals surface area contributed by atoms with Gasteiger partial charge in [-0.3, -0.25) is 4.98 Å². The largest absolute Gasteiger partial charge is 0.468 e. The molecule has 0 aromatic carbocycles. The minimum absolute atomic E-state index is 0.587. The van der Waals surface area contributed by atoms with Crippen molar-refractivity contribution in [1.82, 2.24) is 10.3 Å². The average molecular weight is 260 g/mol. The lowest BCUT2D eigenvalue weighted by Gasteiger charge is -2.05. The highest BCUT2D eigenvalue weighted by atomic mass is 16.5. The molecule has 2 aromatic rings. The van der Waals surface area contributed by atoms with Gasteiger partial charge in [-0.15, -0.1) is 0 Å². The van der Waals surface area contributed by atoms with E-state index in [-0.39, 0.29) is 0 Å². The summed E-state index contributed by atoms with van der Waals surface area (Å²) in [7, 11) is 0. The van der Waals surface area contributed by atoms with Crippen LogP contribution < -0.4 is 5.32 Å². The lowest BCUT2D eigenvalue weighted by Crippen LogP contribution is -2.12. The number of nitrogens with zero attached hydrogens (tertiary/aromatic N) is 1. The molecule has 0 aliphatic rings. The van der Waals surface area contributed by atoms with Crippen LogP contribution >= 0.6 is 0 Å². The number of rotatable bonds is 8. The fourth-order valence-corrected chi connectivity index (χ4v) is 1.79. The van der Waals surface area contributed by atoms with Gasteiger partial charge in [0.05, 0.1) is 26.0 Å². The third-order valence-electron chi connectivity index (χ3n) is 2.86. The van der Waals surface area contributed by atoms with Crippen LogP contribution in [0.2, 0.25) is 0 Å². The summed E-state index contributed by atoms with van der Waals surface area (Å²) in [6, 6.07) is 7.89. The number of furan rings is 1. The van der Waals surface area contributed by atoms with E-state index in [1.165, 1.54) is 0 Å². The van der Waals surface area contributed by atoms with Gasteiger partial charge < -0.3 is 14.5 Å². The Hall–Kier alpha value is -1.65. The van der Waals surface area contributed by atoms with Crippen LogP contribution in [0, 0.1) is 0 Å². The Balaban J connectivity index is 1.72. The van der Waals surface area contributed by atoms with Gasteiger partial charge in [0.2, 0.25) is 0 Å². The van der Waals surface area contributed by atoms with E-state index < -0.39 is 0 Å². The summed E-state index contributed by atoms with van der Waals surface area (Å²) in [4.78, 5) is 4.26. The molecule has 0 fully saturated rings. The van der Waals surface area contributed by atoms with Crippen molar-refractivity contribution in [2.45, 2.75) is 26.5 Å². The summed E-state index contributed by atoms with van der Waals surface area (Å²) in [6.07, 6.45) is 4.35. The maximum Gasteiger partial charge on any atom is 0.123 e. The Morgan fingerprint density at radius 1 is 1.32 bits per heavy atom. The van der Waals surface area contributed by atoms with Gasteiger partial charge in [0.25, 0.3) is 0 Å². The summed E-state index contributed by atoms with van der Waals surface area (Å²) in [5, 5.41) is 3.25. The molecule has 19 heavy (non-hydrogen) atoms. The van der Waals surface area contributed by atoms with E-state index in [2.05, 4.69) is 17.2 Å². The normalized spacial score (nSPS) is 10.8. The maximum atomic E-state index is 5.67. The van der Waals surface area contributed by atoms with Crippen LogP contribution in [0.1, 0.15) is 23.9 Å². The maximum absolute atomic E-state index is 5.67. The SMILES string of the molecule is CCNCc1occc1COCCc1ccccn1. The standard InChI is InChI=1S/C15H20N2O2/c1-2-16-11-15-13(6-10-19-15)12-18-9-7-14-5-3-4-8-17-14/h3-6,8,10,16H,2,7,9,11-12H2,1H3. The second-order valence-corrected chi connectivity index (χ2v) is 4.27. The molecular weight excluding hydrogens is 240 g/mol. The zero-order chi connectivity index (χ0) is 13.3. The molecule has 0 aliphatic carbocycles. The molecule has 0 bridgehead atoms. The average Bonchev–Trinajstić information content (AvgIpc) is 2.90. The smallest absolute Gasteiger partial charge is 0.123 e. The van der Waals surface area contributed by atoms with Crippen molar-refractivity contribution in [3.05, 3.63) is 53.7 Å². The minimum Gasteiger partial charge on any atom is -0.468 e. The van der Waals surface area contributed by atoms with Gasteiger partial charge in [-0.05, 0) is 24.7 Å². The van der Waals surface area contributed by atoms with Crippen molar-refractivity contribution >= 4 is 0 Å². The highest BCUT2D eigenvalue weighted by Crippen LogP contribution is 2.11. The van der Waals surface area contributed by atoms with E-state index in [4.69, 9.17) is 9.15 Å². The number of hydrogen-bond donors (Lipinski definition) is 1. The molecule has 102 valence electrons. The first-order valence-electron chi connectivity index (χ1n) is 6.63. The lowest BCUT2D eigenvalue weighted by atomic mass is 10.2. The number of aromatic nitrogens is 1. The van der Waals surface area contributed by atoms with E-state index in [1.54, 1.807) is 12.5 Å². The third-order valence-corrected chi connectivity index (χ3v) is 2.86. The predicted octanol–water partition coefficient (Wildman–Crippen LogP) is 2.54. The van der Waals surface area contributed by atoms with Gasteiger partial charge in [0.15, 0.2) is 0 Å². The fraction of sp³-hybridized carbons (Fsp3) is 0.400. The molecule has 0 saturated heterocycles. The van der Waals surface area contributed by atoms with E-state index in [9.17, 15) is 0 Å². The van der Waals surface area contributed by atoms with Gasteiger partial charge in [0, 0.05) is 23.9 Å². The van der Waals surface area contributed by atoms with Gasteiger partial charge in [-0.2, -0.15) is 0 Å². The first-order chi connectivity index (χ1) is 9.40. The van der Waals surface area contributed by atoms with E-state index >= 15 is 0 Å². The lowest BCUT2D eigenvalue weighted by molar-refractivity contribution is 0.122. The van der Waals surface area contributed by atoms with Crippen LogP contribution in [0.3, 0.4) is 0 Å². The van der Waals surface area contributed by atoms with E-state index in [1.807, 2.05) is 24.3 Å². The monoisotopic (exact) mass is 260 g/mol. The number of hydrogen-bond acceptors (Lipinski definition) is 4. The molecular formula is C15H20N2O2. The van der Waals surface area contributed by atoms with Crippen LogP contribution in [0.4, 0.5) is 0 Å². The molecule has 0 radical (unpaired) electrons. The summed E-state index contributed by atoms with van der Waals surface area (Å²) in [6.45, 7) is 5.02. The van der Waals surface area contributed by atoms with E-state index in [0.717, 1.165) is 36.5 Å². The molecule has 0 unspecified atom stereocenters. The molecule has 2 rings (SSSR count). The van der Waals surface area contributed by atoms with Gasteiger partial charge in [0.1, 0.15) is 5.76 Å². The second kappa shape index (κ2) is 7.71. The second-order valence-electron chi connectivity index (χ2n) is 4.27. The van der Waals surface area contributed by atoms with Gasteiger partial charge >= 0.3 is 0 Å². The molecule has 0 amide bonds. The Morgan fingerprint density at radius 2 is 2.26 bits per heavy atom. The third kappa shape index (κ3) is 4.50. The first-order valence-corrected chi connectivity index (χ1v) is 6.63. The van der Waals surface area contributed by atoms with Crippen molar-refractivity contribution in [2.75, 3.05) is 13.2 Å². The molecule has 2 aromatic heterocycles. The summed E-state index contributed by atoms with van der Waals surface area (Å²) in [5.74, 6) is 0.958. The summed E-state index contributed by atoms with van der Waals surface area (Å²) in [5.41, 5.74) is 2.17. The highest BCUT2D eigenvalue weighted by Gasteiger charge is 2.05. The van der Waals surface area contributed by atoms with Crippen LogP contribution in [0.25, 0.3) is 0 Å². The van der Waals surface area contributed by atoms with Crippen molar-refractivity contribution < 1.29 is 9.15 Å². The summed E-state index contributed by atoms with van der Waals surface area (Å²) >= 11 is 0. The molecule has 0 saturated carbocycles. The van der Waals surface area contributed by atoms with Crippen LogP contribution in [0.15, 0.2) is 41.1 Å². The van der Waals surface area contributed by atoms with Crippen LogP contribution in [-0.4, -0.2) is 18.1 Å². The quantitative estimate of drug-likeness (QED) is 0.741. The summed E-state index contributed by atoms with van der Waals surface area (Å²) < 4.78 is 11.1. The zero-order valence-electron chi connectivity index (χ0n) is 11.3. The molecule has 4 heteroatoms. The van der Waals surface area contributed by atoms with Crippen molar-refractivity contribution in [2.24, 2.45) is 0 Å².